The summed E-state index contributed by atoms with van der Waals surface area (Å²) in [6.07, 6.45) is -50.5. The first-order chi connectivity index (χ1) is 36.8. The summed E-state index contributed by atoms with van der Waals surface area (Å²) in [5.74, 6) is 0. The van der Waals surface area contributed by atoms with E-state index in [4.69, 9.17) is 0 Å². The van der Waals surface area contributed by atoms with E-state index in [0.717, 1.165) is 21.5 Å². The van der Waals surface area contributed by atoms with Crippen LogP contribution in [0.25, 0.3) is 32.3 Å². The smallest absolute Gasteiger partial charge is 0.258 e. The van der Waals surface area contributed by atoms with Crippen molar-refractivity contribution in [1.82, 2.24) is 0 Å². The van der Waals surface area contributed by atoms with Crippen molar-refractivity contribution < 1.29 is 110 Å². The Morgan fingerprint density at radius 2 is 0.568 bits per heavy atom. The second kappa shape index (κ2) is 20.6. The molecule has 0 aliphatic rings. The number of halogens is 24. The van der Waals surface area contributed by atoms with Crippen molar-refractivity contribution in [3.05, 3.63) is 188 Å². The van der Waals surface area contributed by atoms with E-state index in [1.165, 1.54) is 10.3 Å². The lowest BCUT2D eigenvalue weighted by Crippen LogP contribution is -2.75. The van der Waals surface area contributed by atoms with Gasteiger partial charge in [-0.25, -0.2) is 0 Å². The number of fused-ring (bicyclic) bond motifs is 3. The largest absolute Gasteiger partial charge is 0.416 e. The Morgan fingerprint density at radius 3 is 0.815 bits per heavy atom. The van der Waals surface area contributed by atoms with E-state index in [2.05, 4.69) is 24.6 Å². The molecule has 0 saturated heterocycles. The molecule has 0 unspecified atom stereocenters. The van der Waals surface area contributed by atoms with Crippen LogP contribution in [0, 0.1) is 10.1 Å². The average Bonchev–Trinajstić information content (AvgIpc) is 3.07. The average molecular weight is 1200 g/mol. The molecule has 8 aromatic carbocycles. The first kappa shape index (κ1) is 61.3. The predicted molar refractivity (Wildman–Crippen MR) is 253 cm³/mol. The van der Waals surface area contributed by atoms with Crippen molar-refractivity contribution in [3.8, 4) is 0 Å². The van der Waals surface area contributed by atoms with Gasteiger partial charge in [-0.3, -0.25) is 10.1 Å². The fraction of sp³-hybridized carbons (Fsp3) is 0.192. The SMILES string of the molecule is C[S+](C)c1c2ccccc2cc2c([N+](=O)[O-])c3ccccc3cc12.FC(F)(F)c1cc([B-](c2cc(C(F)(F)F)cc(C(F)(F)F)c2)(c2cc(C(F)(F)F)cc(C(F)(F)F)c2)c2cc(C(F)(F)F)cc(C(F)(F)F)c2)cc(C(F)(F)F)c1. The van der Waals surface area contributed by atoms with E-state index in [0.29, 0.717) is 5.39 Å². The molecule has 8 aromatic rings. The van der Waals surface area contributed by atoms with Gasteiger partial charge in [0.1, 0.15) is 18.7 Å². The second-order valence-corrected chi connectivity index (χ2v) is 20.3. The molecule has 430 valence electrons. The van der Waals surface area contributed by atoms with E-state index < -0.39 is 195 Å². The van der Waals surface area contributed by atoms with Crippen LogP contribution < -0.4 is 21.9 Å². The van der Waals surface area contributed by atoms with Crippen LogP contribution in [-0.2, 0) is 60.3 Å². The number of nitro benzene ring substituents is 1. The standard InChI is InChI=1S/C32H12BF24.C20H16NO2S/c34-25(35,36)13-1-14(26(37,38)39)6-21(5-13)33(22-7-15(27(40,41)42)2-16(8-22)28(43,44)45,23-9-17(29(46,47)48)3-18(10-23)30(49,50)51)24-11-19(31(52,53)54)4-20(12-24)32(55,56)57;1-24(2)20-16-10-6-4-8-14(16)11-17-18(20)12-13-7-3-5-9-15(13)19(17)21(22)23/h1-12H;3-12H,1-2H3/q-1;+1. The van der Waals surface area contributed by atoms with Crippen LogP contribution in [0.1, 0.15) is 44.5 Å². The Bertz CT molecular complexity index is 3300. The maximum Gasteiger partial charge on any atom is 0.416 e. The highest BCUT2D eigenvalue weighted by molar-refractivity contribution is 7.96. The molecule has 0 N–H and O–H groups in total. The zero-order valence-electron chi connectivity index (χ0n) is 40.0. The maximum atomic E-state index is 14.2. The normalized spacial score (nSPS) is 13.5. The highest BCUT2D eigenvalue weighted by Gasteiger charge is 2.47. The zero-order valence-corrected chi connectivity index (χ0v) is 40.8. The summed E-state index contributed by atoms with van der Waals surface area (Å²) in [5.41, 5.74) is -30.0. The van der Waals surface area contributed by atoms with Crippen molar-refractivity contribution in [2.24, 2.45) is 0 Å². The van der Waals surface area contributed by atoms with E-state index in [1.807, 2.05) is 48.5 Å². The molecule has 29 heteroatoms. The minimum Gasteiger partial charge on any atom is -0.258 e. The van der Waals surface area contributed by atoms with Crippen LogP contribution in [0.3, 0.4) is 0 Å². The Hall–Kier alpha value is -7.33. The summed E-state index contributed by atoms with van der Waals surface area (Å²) >= 11 is 0. The quantitative estimate of drug-likeness (QED) is 0.0416. The highest BCUT2D eigenvalue weighted by Crippen LogP contribution is 2.44. The molecule has 0 spiro atoms. The van der Waals surface area contributed by atoms with E-state index in [1.54, 1.807) is 0 Å². The highest BCUT2D eigenvalue weighted by atomic mass is 32.2. The van der Waals surface area contributed by atoms with Crippen LogP contribution in [0.15, 0.2) is 138 Å². The maximum absolute atomic E-state index is 14.2. The molecular weight excluding hydrogens is 1170 g/mol. The van der Waals surface area contributed by atoms with Crippen molar-refractivity contribution >= 4 is 76.9 Å². The van der Waals surface area contributed by atoms with Crippen molar-refractivity contribution in [2.45, 2.75) is 54.3 Å². The summed E-state index contributed by atoms with van der Waals surface area (Å²) in [5, 5.41) is 17.4. The molecule has 81 heavy (non-hydrogen) atoms. The topological polar surface area (TPSA) is 43.1 Å². The summed E-state index contributed by atoms with van der Waals surface area (Å²) < 4.78 is 341. The fourth-order valence-electron chi connectivity index (χ4n) is 9.52. The van der Waals surface area contributed by atoms with Crippen molar-refractivity contribution in [2.75, 3.05) is 12.5 Å². The number of nitro groups is 1. The van der Waals surface area contributed by atoms with Crippen LogP contribution in [0.5, 0.6) is 0 Å². The van der Waals surface area contributed by atoms with Crippen LogP contribution in [0.4, 0.5) is 111 Å². The molecule has 0 amide bonds. The molecule has 0 aromatic heterocycles. The number of rotatable bonds is 6. The van der Waals surface area contributed by atoms with Gasteiger partial charge in [-0.15, -0.1) is 0 Å². The van der Waals surface area contributed by atoms with Crippen LogP contribution in [-0.4, -0.2) is 23.6 Å². The molecule has 8 rings (SSSR count). The van der Waals surface area contributed by atoms with Gasteiger partial charge in [0.15, 0.2) is 4.90 Å². The Kier molecular flexibility index (Phi) is 15.6. The lowest BCUT2D eigenvalue weighted by Gasteiger charge is -2.46. The number of benzene rings is 8. The number of alkyl halides is 24. The third kappa shape index (κ3) is 12.5. The van der Waals surface area contributed by atoms with Crippen LogP contribution in [0.2, 0.25) is 0 Å². The van der Waals surface area contributed by atoms with Gasteiger partial charge in [0, 0.05) is 21.7 Å². The summed E-state index contributed by atoms with van der Waals surface area (Å²) in [6, 6.07) is 11.0. The van der Waals surface area contributed by atoms with Gasteiger partial charge >= 0.3 is 49.4 Å². The van der Waals surface area contributed by atoms with Crippen LogP contribution >= 0.6 is 0 Å². The minimum absolute atomic E-state index is 0.0151. The predicted octanol–water partition coefficient (Wildman–Crippen LogP) is 16.5. The molecule has 0 atom stereocenters. The molecule has 0 fully saturated rings. The van der Waals surface area contributed by atoms with Gasteiger partial charge < -0.3 is 0 Å². The Morgan fingerprint density at radius 1 is 0.333 bits per heavy atom. The molecule has 0 aliphatic carbocycles. The van der Waals surface area contributed by atoms with Crippen molar-refractivity contribution in [3.63, 3.8) is 0 Å². The van der Waals surface area contributed by atoms with Gasteiger partial charge in [-0.05, 0) is 59.3 Å². The number of hydrogen-bond acceptors (Lipinski definition) is 2. The zero-order chi connectivity index (χ0) is 60.8. The van der Waals surface area contributed by atoms with E-state index in [-0.39, 0.29) is 21.5 Å². The first-order valence-corrected chi connectivity index (χ1v) is 24.3. The number of nitrogens with zero attached hydrogens (tertiary/aromatic N) is 1. The first-order valence-electron chi connectivity index (χ1n) is 22.3. The minimum atomic E-state index is -6.13. The van der Waals surface area contributed by atoms with Gasteiger partial charge in [0.25, 0.3) is 5.69 Å². The Labute approximate surface area is 441 Å². The molecular formula is C52H28BF24NO2S. The second-order valence-electron chi connectivity index (χ2n) is 18.3. The van der Waals surface area contributed by atoms with Crippen molar-refractivity contribution in [1.29, 1.82) is 0 Å². The van der Waals surface area contributed by atoms with E-state index >= 15 is 0 Å². The van der Waals surface area contributed by atoms with E-state index in [9.17, 15) is 115 Å². The number of non-ortho nitro benzene ring substituents is 1. The number of hydrogen-bond donors (Lipinski definition) is 0. The molecule has 0 saturated carbocycles. The molecule has 0 bridgehead atoms. The molecule has 0 aliphatic heterocycles. The lowest BCUT2D eigenvalue weighted by molar-refractivity contribution is -0.381. The fourth-order valence-corrected chi connectivity index (χ4v) is 10.8. The van der Waals surface area contributed by atoms with Gasteiger partial charge in [-0.2, -0.15) is 127 Å². The summed E-state index contributed by atoms with van der Waals surface area (Å²) in [7, 11) is -0.0151. The van der Waals surface area contributed by atoms with Gasteiger partial charge in [0.2, 0.25) is 0 Å². The summed E-state index contributed by atoms with van der Waals surface area (Å²) in [6.45, 7) is 0. The molecule has 0 heterocycles. The monoisotopic (exact) mass is 1200 g/mol. The lowest BCUT2D eigenvalue weighted by atomic mass is 9.12. The molecule has 3 nitrogen and oxygen atoms in total. The third-order valence-corrected chi connectivity index (χ3v) is 14.1. The third-order valence-electron chi connectivity index (χ3n) is 12.8. The molecule has 0 radical (unpaired) electrons. The van der Waals surface area contributed by atoms with Gasteiger partial charge in [0.05, 0.1) is 60.2 Å². The summed E-state index contributed by atoms with van der Waals surface area (Å²) in [4.78, 5) is 12.8. The van der Waals surface area contributed by atoms with Gasteiger partial charge in [-0.1, -0.05) is 84.9 Å². The Balaban J connectivity index is 0.000000323.